The number of nitrogen functional groups attached to an aromatic ring is 1. The molecule has 2 rings (SSSR count). The number of halogens is 2. The van der Waals surface area contributed by atoms with Crippen molar-refractivity contribution in [2.24, 2.45) is 5.92 Å². The number of hydrogen-bond acceptors (Lipinski definition) is 4. The molecule has 0 radical (unpaired) electrons. The van der Waals surface area contributed by atoms with Crippen molar-refractivity contribution in [3.8, 4) is 0 Å². The van der Waals surface area contributed by atoms with Crippen LogP contribution in [0, 0.1) is 11.7 Å². The number of thioether (sulfide) groups is 1. The van der Waals surface area contributed by atoms with E-state index in [0.717, 1.165) is 21.5 Å². The number of anilines is 1. The van der Waals surface area contributed by atoms with E-state index in [1.165, 1.54) is 23.9 Å². The number of hydrogen-bond donors (Lipinski definition) is 1. The molecule has 1 aromatic heterocycles. The van der Waals surface area contributed by atoms with Crippen molar-refractivity contribution >= 4 is 33.5 Å². The van der Waals surface area contributed by atoms with Crippen LogP contribution in [0.1, 0.15) is 25.4 Å². The minimum Gasteiger partial charge on any atom is -0.383 e. The van der Waals surface area contributed by atoms with Crippen LogP contribution in [0.5, 0.6) is 0 Å². The molecule has 1 aromatic carbocycles. The summed E-state index contributed by atoms with van der Waals surface area (Å²) in [6.07, 6.45) is 0.838. The van der Waals surface area contributed by atoms with Gasteiger partial charge in [0, 0.05) is 4.90 Å². The molecule has 1 heterocycles. The average Bonchev–Trinajstić information content (AvgIpc) is 2.41. The van der Waals surface area contributed by atoms with Gasteiger partial charge < -0.3 is 5.73 Å². The molecule has 0 bridgehead atoms. The Balaban J connectivity index is 2.14. The van der Waals surface area contributed by atoms with Gasteiger partial charge in [0.25, 0.3) is 0 Å². The number of aromatic nitrogens is 2. The Morgan fingerprint density at radius 3 is 2.76 bits per heavy atom. The van der Waals surface area contributed by atoms with Crippen molar-refractivity contribution < 1.29 is 4.39 Å². The van der Waals surface area contributed by atoms with E-state index in [-0.39, 0.29) is 5.82 Å². The normalized spacial score (nSPS) is 11.1. The lowest BCUT2D eigenvalue weighted by Crippen LogP contribution is -2.07. The van der Waals surface area contributed by atoms with Crippen molar-refractivity contribution in [1.82, 2.24) is 9.97 Å². The second-order valence-corrected chi connectivity index (χ2v) is 6.97. The summed E-state index contributed by atoms with van der Waals surface area (Å²) in [4.78, 5) is 9.69. The lowest BCUT2D eigenvalue weighted by Gasteiger charge is -2.10. The number of benzene rings is 1. The molecule has 0 aliphatic carbocycles. The Hall–Kier alpha value is -1.14. The van der Waals surface area contributed by atoms with Crippen LogP contribution in [0.3, 0.4) is 0 Å². The zero-order valence-electron chi connectivity index (χ0n) is 11.9. The van der Waals surface area contributed by atoms with E-state index in [4.69, 9.17) is 5.73 Å². The lowest BCUT2D eigenvalue weighted by atomic mass is 10.1. The van der Waals surface area contributed by atoms with Crippen LogP contribution >= 0.6 is 27.7 Å². The van der Waals surface area contributed by atoms with E-state index in [9.17, 15) is 4.39 Å². The molecule has 0 unspecified atom stereocenters. The summed E-state index contributed by atoms with van der Waals surface area (Å²) in [5, 5.41) is 0. The van der Waals surface area contributed by atoms with Crippen LogP contribution in [0.15, 0.2) is 33.6 Å². The molecule has 0 spiro atoms. The van der Waals surface area contributed by atoms with Crippen LogP contribution < -0.4 is 5.73 Å². The first kappa shape index (κ1) is 16.2. The van der Waals surface area contributed by atoms with Crippen LogP contribution in [0.25, 0.3) is 0 Å². The highest BCUT2D eigenvalue weighted by atomic mass is 79.9. The van der Waals surface area contributed by atoms with E-state index in [0.29, 0.717) is 23.3 Å². The van der Waals surface area contributed by atoms with Crippen molar-refractivity contribution in [2.75, 3.05) is 5.73 Å². The van der Waals surface area contributed by atoms with Gasteiger partial charge in [0.2, 0.25) is 0 Å². The molecule has 21 heavy (non-hydrogen) atoms. The molecule has 6 heteroatoms. The molecule has 2 N–H and O–H groups in total. The number of nitrogens with zero attached hydrogens (tertiary/aromatic N) is 2. The molecule has 0 amide bonds. The summed E-state index contributed by atoms with van der Waals surface area (Å²) in [6.45, 7) is 4.26. The summed E-state index contributed by atoms with van der Waals surface area (Å²) >= 11 is 4.94. The van der Waals surface area contributed by atoms with Crippen LogP contribution in [0.4, 0.5) is 10.2 Å². The van der Waals surface area contributed by atoms with Crippen LogP contribution in [-0.2, 0) is 12.2 Å². The number of nitrogens with two attached hydrogens (primary N) is 1. The molecule has 0 aliphatic rings. The predicted octanol–water partition coefficient (Wildman–Crippen LogP) is 4.45. The molecule has 0 atom stereocenters. The Kier molecular flexibility index (Phi) is 5.58. The predicted molar refractivity (Wildman–Crippen MR) is 88.6 cm³/mol. The fourth-order valence-electron chi connectivity index (χ4n) is 1.86. The number of rotatable bonds is 5. The van der Waals surface area contributed by atoms with Gasteiger partial charge in [0.05, 0.1) is 15.9 Å². The van der Waals surface area contributed by atoms with E-state index in [2.05, 4.69) is 39.7 Å². The van der Waals surface area contributed by atoms with Gasteiger partial charge in [0.1, 0.15) is 17.5 Å². The van der Waals surface area contributed by atoms with E-state index < -0.39 is 0 Å². The summed E-state index contributed by atoms with van der Waals surface area (Å²) < 4.78 is 13.9. The van der Waals surface area contributed by atoms with Gasteiger partial charge >= 0.3 is 0 Å². The first-order valence-electron chi connectivity index (χ1n) is 6.65. The smallest absolute Gasteiger partial charge is 0.141 e. The molecule has 0 saturated carbocycles. The van der Waals surface area contributed by atoms with Crippen molar-refractivity contribution in [3.63, 3.8) is 0 Å². The molecule has 112 valence electrons. The molecular formula is C15H17BrFN3S. The highest BCUT2D eigenvalue weighted by Crippen LogP contribution is 2.26. The zero-order valence-corrected chi connectivity index (χ0v) is 14.3. The largest absolute Gasteiger partial charge is 0.383 e. The molecule has 3 nitrogen and oxygen atoms in total. The summed E-state index contributed by atoms with van der Waals surface area (Å²) in [5.41, 5.74) is 6.85. The molecule has 0 aliphatic heterocycles. The zero-order chi connectivity index (χ0) is 15.4. The second-order valence-electron chi connectivity index (χ2n) is 5.13. The van der Waals surface area contributed by atoms with Crippen LogP contribution in [0.2, 0.25) is 0 Å². The summed E-state index contributed by atoms with van der Waals surface area (Å²) in [6, 6.07) is 6.49. The first-order chi connectivity index (χ1) is 9.95. The van der Waals surface area contributed by atoms with Gasteiger partial charge in [-0.2, -0.15) is 0 Å². The Labute approximate surface area is 136 Å². The van der Waals surface area contributed by atoms with Gasteiger partial charge in [-0.15, -0.1) is 11.8 Å². The van der Waals surface area contributed by atoms with Crippen molar-refractivity contribution in [2.45, 2.75) is 30.9 Å². The highest BCUT2D eigenvalue weighted by molar-refractivity contribution is 9.10. The molecule has 2 aromatic rings. The Bertz CT molecular complexity index is 634. The molecular weight excluding hydrogens is 353 g/mol. The van der Waals surface area contributed by atoms with Gasteiger partial charge in [-0.1, -0.05) is 19.9 Å². The maximum absolute atomic E-state index is 13.1. The van der Waals surface area contributed by atoms with Gasteiger partial charge in [0.15, 0.2) is 0 Å². The minimum absolute atomic E-state index is 0.239. The summed E-state index contributed by atoms with van der Waals surface area (Å²) in [5.74, 6) is 1.93. The monoisotopic (exact) mass is 369 g/mol. The van der Waals surface area contributed by atoms with Crippen LogP contribution in [-0.4, -0.2) is 9.97 Å². The standard InChI is InChI=1S/C15H17BrFN3S/c1-9(2)6-12-14(16)15(18)20-13(19-12)8-21-11-5-3-4-10(17)7-11/h3-5,7,9H,6,8H2,1-2H3,(H2,18,19,20). The second kappa shape index (κ2) is 7.22. The van der Waals surface area contributed by atoms with E-state index >= 15 is 0 Å². The van der Waals surface area contributed by atoms with E-state index in [1.54, 1.807) is 6.07 Å². The quantitative estimate of drug-likeness (QED) is 0.790. The topological polar surface area (TPSA) is 51.8 Å². The third-order valence-corrected chi connectivity index (χ3v) is 4.61. The average molecular weight is 370 g/mol. The maximum Gasteiger partial charge on any atom is 0.141 e. The third-order valence-electron chi connectivity index (χ3n) is 2.76. The fourth-order valence-corrected chi connectivity index (χ4v) is 2.99. The van der Waals surface area contributed by atoms with E-state index in [1.807, 2.05) is 6.07 Å². The summed E-state index contributed by atoms with van der Waals surface area (Å²) in [7, 11) is 0. The highest BCUT2D eigenvalue weighted by Gasteiger charge is 2.12. The fraction of sp³-hybridized carbons (Fsp3) is 0.333. The minimum atomic E-state index is -0.239. The molecule has 0 saturated heterocycles. The Morgan fingerprint density at radius 2 is 2.10 bits per heavy atom. The first-order valence-corrected chi connectivity index (χ1v) is 8.42. The van der Waals surface area contributed by atoms with Crippen molar-refractivity contribution in [1.29, 1.82) is 0 Å². The SMILES string of the molecule is CC(C)Cc1nc(CSc2cccc(F)c2)nc(N)c1Br. The lowest BCUT2D eigenvalue weighted by molar-refractivity contribution is 0.624. The van der Waals surface area contributed by atoms with Gasteiger partial charge in [-0.05, 0) is 46.5 Å². The Morgan fingerprint density at radius 1 is 1.33 bits per heavy atom. The van der Waals surface area contributed by atoms with Crippen molar-refractivity contribution in [3.05, 3.63) is 46.1 Å². The van der Waals surface area contributed by atoms with Gasteiger partial charge in [-0.25, -0.2) is 14.4 Å². The maximum atomic E-state index is 13.1. The third kappa shape index (κ3) is 4.68. The molecule has 0 fully saturated rings. The van der Waals surface area contributed by atoms with Gasteiger partial charge in [-0.3, -0.25) is 0 Å².